The van der Waals surface area contributed by atoms with E-state index in [1.807, 2.05) is 44.2 Å². The summed E-state index contributed by atoms with van der Waals surface area (Å²) in [6.45, 7) is 4.84. The monoisotopic (exact) mass is 498 g/mol. The Kier molecular flexibility index (Phi) is 8.39. The molecule has 0 aromatic heterocycles. The minimum Gasteiger partial charge on any atom is -0.490 e. The van der Waals surface area contributed by atoms with Gasteiger partial charge >= 0.3 is 0 Å². The highest BCUT2D eigenvalue weighted by Crippen LogP contribution is 2.33. The van der Waals surface area contributed by atoms with E-state index in [0.717, 1.165) is 15.6 Å². The molecule has 3 aromatic rings. The average Bonchev–Trinajstić information content (AvgIpc) is 2.77. The van der Waals surface area contributed by atoms with Crippen molar-refractivity contribution in [1.82, 2.24) is 5.43 Å². The maximum absolute atomic E-state index is 13.0. The number of halogens is 2. The number of hydrazone groups is 1. The van der Waals surface area contributed by atoms with Crippen LogP contribution in [0, 0.1) is 12.7 Å². The Bertz CT molecular complexity index is 1080. The number of hydrogen-bond donors (Lipinski definition) is 1. The molecule has 5 nitrogen and oxygen atoms in total. The number of carbonyl (C=O) groups is 1. The molecule has 0 aliphatic rings. The summed E-state index contributed by atoms with van der Waals surface area (Å²) in [4.78, 5) is 12.1. The van der Waals surface area contributed by atoms with Crippen molar-refractivity contribution in [1.29, 1.82) is 0 Å². The summed E-state index contributed by atoms with van der Waals surface area (Å²) in [7, 11) is 0. The molecule has 0 atom stereocenters. The summed E-state index contributed by atoms with van der Waals surface area (Å²) in [5.74, 6) is 0.555. The van der Waals surface area contributed by atoms with Gasteiger partial charge in [0.1, 0.15) is 12.4 Å². The minimum atomic E-state index is -0.339. The highest BCUT2D eigenvalue weighted by atomic mass is 79.9. The Labute approximate surface area is 195 Å². The van der Waals surface area contributed by atoms with Crippen molar-refractivity contribution in [3.05, 3.63) is 93.2 Å². The Morgan fingerprint density at radius 3 is 2.38 bits per heavy atom. The molecule has 1 N–H and O–H groups in total. The van der Waals surface area contributed by atoms with E-state index in [9.17, 15) is 9.18 Å². The smallest absolute Gasteiger partial charge is 0.244 e. The summed E-state index contributed by atoms with van der Waals surface area (Å²) in [6, 6.07) is 17.5. The van der Waals surface area contributed by atoms with Crippen LogP contribution in [0.3, 0.4) is 0 Å². The lowest BCUT2D eigenvalue weighted by Gasteiger charge is -2.14. The van der Waals surface area contributed by atoms with Gasteiger partial charge in [-0.15, -0.1) is 0 Å². The third-order valence-corrected chi connectivity index (χ3v) is 5.24. The lowest BCUT2D eigenvalue weighted by Crippen LogP contribution is -2.19. The second kappa shape index (κ2) is 11.4. The van der Waals surface area contributed by atoms with Gasteiger partial charge in [-0.05, 0) is 65.2 Å². The van der Waals surface area contributed by atoms with Crippen LogP contribution in [0.1, 0.15) is 29.2 Å². The van der Waals surface area contributed by atoms with Gasteiger partial charge in [0.05, 0.1) is 19.2 Å². The molecule has 7 heteroatoms. The molecule has 3 rings (SSSR count). The Morgan fingerprint density at radius 1 is 1.03 bits per heavy atom. The van der Waals surface area contributed by atoms with Gasteiger partial charge in [-0.1, -0.05) is 42.0 Å². The molecule has 0 saturated heterocycles. The van der Waals surface area contributed by atoms with E-state index in [4.69, 9.17) is 9.47 Å². The topological polar surface area (TPSA) is 59.9 Å². The van der Waals surface area contributed by atoms with Crippen LogP contribution in [0.25, 0.3) is 0 Å². The molecule has 1 amide bonds. The van der Waals surface area contributed by atoms with Crippen LogP contribution < -0.4 is 14.9 Å². The maximum atomic E-state index is 13.0. The van der Waals surface area contributed by atoms with Gasteiger partial charge in [-0.2, -0.15) is 5.10 Å². The first-order valence-corrected chi connectivity index (χ1v) is 10.9. The van der Waals surface area contributed by atoms with E-state index in [1.54, 1.807) is 18.2 Å². The first-order valence-electron chi connectivity index (χ1n) is 10.2. The maximum Gasteiger partial charge on any atom is 0.244 e. The number of rotatable bonds is 9. The number of carbonyl (C=O) groups excluding carboxylic acids is 1. The Balaban J connectivity index is 1.65. The Hall–Kier alpha value is -3.19. The van der Waals surface area contributed by atoms with Gasteiger partial charge in [0.25, 0.3) is 0 Å². The van der Waals surface area contributed by atoms with Crippen molar-refractivity contribution in [3.8, 4) is 11.5 Å². The van der Waals surface area contributed by atoms with Gasteiger partial charge in [0.15, 0.2) is 11.5 Å². The lowest BCUT2D eigenvalue weighted by atomic mass is 10.1. The van der Waals surface area contributed by atoms with E-state index in [-0.39, 0.29) is 18.1 Å². The van der Waals surface area contributed by atoms with Gasteiger partial charge in [-0.3, -0.25) is 4.79 Å². The number of aryl methyl sites for hydroxylation is 1. The molecule has 0 unspecified atom stereocenters. The van der Waals surface area contributed by atoms with Crippen LogP contribution in [0.4, 0.5) is 4.39 Å². The number of nitrogens with one attached hydrogen (secondary N) is 1. The fourth-order valence-corrected chi connectivity index (χ4v) is 3.30. The largest absolute Gasteiger partial charge is 0.490 e. The summed E-state index contributed by atoms with van der Waals surface area (Å²) in [6.07, 6.45) is 1.63. The highest BCUT2D eigenvalue weighted by Gasteiger charge is 2.11. The average molecular weight is 499 g/mol. The predicted molar refractivity (Wildman–Crippen MR) is 127 cm³/mol. The van der Waals surface area contributed by atoms with Crippen LogP contribution in [0.15, 0.2) is 70.2 Å². The van der Waals surface area contributed by atoms with E-state index in [1.165, 1.54) is 23.9 Å². The molecule has 0 radical (unpaired) electrons. The normalized spacial score (nSPS) is 10.9. The number of amides is 1. The molecular weight excluding hydrogens is 475 g/mol. The Morgan fingerprint density at radius 2 is 1.69 bits per heavy atom. The first-order chi connectivity index (χ1) is 15.4. The van der Waals surface area contributed by atoms with Crippen LogP contribution in [0.5, 0.6) is 11.5 Å². The van der Waals surface area contributed by atoms with Gasteiger partial charge in [0.2, 0.25) is 5.91 Å². The molecule has 0 fully saturated rings. The number of hydrogen-bond acceptors (Lipinski definition) is 4. The minimum absolute atomic E-state index is 0.106. The molecule has 0 heterocycles. The SMILES string of the molecule is CCOc1cc(/C=N/NC(=O)Cc2ccc(F)cc2)c(Br)cc1OCc1ccc(C)cc1. The zero-order chi connectivity index (χ0) is 22.9. The standard InChI is InChI=1S/C25H24BrFN2O3/c1-3-31-23-13-20(15-28-29-25(30)12-18-8-10-21(27)11-9-18)22(26)14-24(23)32-16-19-6-4-17(2)5-7-19/h4-11,13-15H,3,12,16H2,1-2H3,(H,29,30)/b28-15+. The summed E-state index contributed by atoms with van der Waals surface area (Å²) >= 11 is 3.52. The molecular formula is C25H24BrFN2O3. The zero-order valence-corrected chi connectivity index (χ0v) is 19.5. The third kappa shape index (κ3) is 6.92. The fourth-order valence-electron chi connectivity index (χ4n) is 2.88. The fraction of sp³-hybridized carbons (Fsp3) is 0.200. The van der Waals surface area contributed by atoms with Crippen molar-refractivity contribution in [2.24, 2.45) is 5.10 Å². The predicted octanol–water partition coefficient (Wildman–Crippen LogP) is 5.57. The number of benzene rings is 3. The quantitative estimate of drug-likeness (QED) is 0.310. The highest BCUT2D eigenvalue weighted by molar-refractivity contribution is 9.10. The molecule has 0 spiro atoms. The molecule has 0 bridgehead atoms. The van der Waals surface area contributed by atoms with Crippen molar-refractivity contribution >= 4 is 28.1 Å². The van der Waals surface area contributed by atoms with Crippen molar-refractivity contribution in [2.75, 3.05) is 6.61 Å². The van der Waals surface area contributed by atoms with Crippen molar-refractivity contribution in [2.45, 2.75) is 26.9 Å². The molecule has 166 valence electrons. The van der Waals surface area contributed by atoms with Gasteiger partial charge in [-0.25, -0.2) is 9.82 Å². The van der Waals surface area contributed by atoms with Crippen LogP contribution in [0.2, 0.25) is 0 Å². The molecule has 0 aliphatic heterocycles. The molecule has 0 aliphatic carbocycles. The number of nitrogens with zero attached hydrogens (tertiary/aromatic N) is 1. The third-order valence-electron chi connectivity index (χ3n) is 4.55. The number of ether oxygens (including phenoxy) is 2. The lowest BCUT2D eigenvalue weighted by molar-refractivity contribution is -0.120. The molecule has 3 aromatic carbocycles. The van der Waals surface area contributed by atoms with Crippen molar-refractivity contribution in [3.63, 3.8) is 0 Å². The van der Waals surface area contributed by atoms with Crippen LogP contribution in [-0.4, -0.2) is 18.7 Å². The molecule has 0 saturated carbocycles. The van der Waals surface area contributed by atoms with Gasteiger partial charge in [0, 0.05) is 10.0 Å². The van der Waals surface area contributed by atoms with Crippen LogP contribution in [-0.2, 0) is 17.8 Å². The second-order valence-electron chi connectivity index (χ2n) is 7.12. The second-order valence-corrected chi connectivity index (χ2v) is 7.98. The summed E-state index contributed by atoms with van der Waals surface area (Å²) in [5, 5.41) is 4.02. The van der Waals surface area contributed by atoms with Crippen LogP contribution >= 0.6 is 15.9 Å². The van der Waals surface area contributed by atoms with Crippen molar-refractivity contribution < 1.29 is 18.7 Å². The van der Waals surface area contributed by atoms with E-state index in [0.29, 0.717) is 30.3 Å². The summed E-state index contributed by atoms with van der Waals surface area (Å²) in [5.41, 5.74) is 6.16. The summed E-state index contributed by atoms with van der Waals surface area (Å²) < 4.78 is 25.4. The molecule has 32 heavy (non-hydrogen) atoms. The van der Waals surface area contributed by atoms with Gasteiger partial charge < -0.3 is 9.47 Å². The zero-order valence-electron chi connectivity index (χ0n) is 17.9. The van der Waals surface area contributed by atoms with E-state index >= 15 is 0 Å². The van der Waals surface area contributed by atoms with E-state index < -0.39 is 0 Å². The first kappa shape index (κ1) is 23.5. The van der Waals surface area contributed by atoms with E-state index in [2.05, 4.69) is 26.5 Å².